The molecule has 0 aliphatic heterocycles. The van der Waals surface area contributed by atoms with E-state index < -0.39 is 24.5 Å². The molecular formula is C9H13N3O4. The maximum atomic E-state index is 11.3. The molecule has 0 aliphatic rings. The molecule has 0 saturated heterocycles. The monoisotopic (exact) mass is 227 g/mol. The van der Waals surface area contributed by atoms with Crippen molar-refractivity contribution in [1.82, 2.24) is 14.9 Å². The first-order valence-electron chi connectivity index (χ1n) is 4.72. The summed E-state index contributed by atoms with van der Waals surface area (Å²) in [5, 5.41) is 19.5. The maximum Gasteiger partial charge on any atom is 0.328 e. The van der Waals surface area contributed by atoms with Crippen LogP contribution in [0.25, 0.3) is 0 Å². The van der Waals surface area contributed by atoms with Crippen LogP contribution in [0.3, 0.4) is 0 Å². The molecular weight excluding hydrogens is 214 g/mol. The molecule has 0 fully saturated rings. The lowest BCUT2D eigenvalue weighted by molar-refractivity contribution is -0.143. The van der Waals surface area contributed by atoms with Crippen molar-refractivity contribution in [2.45, 2.75) is 19.0 Å². The van der Waals surface area contributed by atoms with Crippen molar-refractivity contribution in [2.75, 3.05) is 6.61 Å². The predicted octanol–water partition coefficient (Wildman–Crippen LogP) is -1.17. The van der Waals surface area contributed by atoms with Crippen LogP contribution in [-0.4, -0.2) is 44.3 Å². The van der Waals surface area contributed by atoms with Crippen molar-refractivity contribution in [2.24, 2.45) is 0 Å². The molecule has 0 bridgehead atoms. The zero-order chi connectivity index (χ0) is 12.0. The number of carboxylic acids is 1. The number of nitrogens with zero attached hydrogens (tertiary/aromatic N) is 2. The Balaban J connectivity index is 2.33. The smallest absolute Gasteiger partial charge is 0.328 e. The lowest BCUT2D eigenvalue weighted by atomic mass is 10.3. The molecule has 0 unspecified atom stereocenters. The number of aryl methyl sites for hydroxylation is 1. The van der Waals surface area contributed by atoms with E-state index in [0.29, 0.717) is 6.54 Å². The van der Waals surface area contributed by atoms with Crippen LogP contribution in [0.2, 0.25) is 0 Å². The van der Waals surface area contributed by atoms with Gasteiger partial charge in [-0.3, -0.25) is 4.79 Å². The van der Waals surface area contributed by atoms with Crippen LogP contribution >= 0.6 is 0 Å². The van der Waals surface area contributed by atoms with E-state index in [9.17, 15) is 9.59 Å². The van der Waals surface area contributed by atoms with E-state index in [1.807, 2.05) is 0 Å². The molecule has 16 heavy (non-hydrogen) atoms. The number of rotatable bonds is 6. The van der Waals surface area contributed by atoms with Crippen molar-refractivity contribution >= 4 is 11.9 Å². The van der Waals surface area contributed by atoms with Crippen LogP contribution in [0.1, 0.15) is 6.42 Å². The largest absolute Gasteiger partial charge is 0.480 e. The Morgan fingerprint density at radius 2 is 2.25 bits per heavy atom. The molecule has 0 spiro atoms. The zero-order valence-corrected chi connectivity index (χ0v) is 8.54. The molecule has 88 valence electrons. The summed E-state index contributed by atoms with van der Waals surface area (Å²) in [5.74, 6) is -1.67. The highest BCUT2D eigenvalue weighted by atomic mass is 16.4. The van der Waals surface area contributed by atoms with Crippen LogP contribution in [0.4, 0.5) is 0 Å². The molecule has 0 radical (unpaired) electrons. The van der Waals surface area contributed by atoms with Crippen molar-refractivity contribution < 1.29 is 19.8 Å². The fraction of sp³-hybridized carbons (Fsp3) is 0.444. The van der Waals surface area contributed by atoms with E-state index in [2.05, 4.69) is 10.3 Å². The molecule has 1 amide bonds. The highest BCUT2D eigenvalue weighted by molar-refractivity contribution is 5.83. The minimum absolute atomic E-state index is 0.139. The van der Waals surface area contributed by atoms with Crippen molar-refractivity contribution in [1.29, 1.82) is 0 Å². The first-order chi connectivity index (χ1) is 7.63. The van der Waals surface area contributed by atoms with Crippen molar-refractivity contribution in [3.8, 4) is 0 Å². The zero-order valence-electron chi connectivity index (χ0n) is 8.54. The number of aliphatic carboxylic acids is 1. The van der Waals surface area contributed by atoms with E-state index in [1.54, 1.807) is 23.3 Å². The Labute approximate surface area is 91.7 Å². The van der Waals surface area contributed by atoms with Gasteiger partial charge in [-0.05, 0) is 0 Å². The average molecular weight is 227 g/mol. The van der Waals surface area contributed by atoms with E-state index in [-0.39, 0.29) is 6.42 Å². The highest BCUT2D eigenvalue weighted by Crippen LogP contribution is 1.92. The van der Waals surface area contributed by atoms with Crippen molar-refractivity contribution in [3.63, 3.8) is 0 Å². The molecule has 0 aromatic carbocycles. The van der Waals surface area contributed by atoms with Crippen LogP contribution in [0.5, 0.6) is 0 Å². The maximum absolute atomic E-state index is 11.3. The van der Waals surface area contributed by atoms with Gasteiger partial charge in [0.05, 0.1) is 12.9 Å². The van der Waals surface area contributed by atoms with E-state index in [0.717, 1.165) is 0 Å². The lowest BCUT2D eigenvalue weighted by Gasteiger charge is -2.11. The van der Waals surface area contributed by atoms with Gasteiger partial charge in [0.15, 0.2) is 0 Å². The number of aromatic nitrogens is 2. The molecule has 7 heteroatoms. The van der Waals surface area contributed by atoms with E-state index in [1.165, 1.54) is 0 Å². The van der Waals surface area contributed by atoms with Gasteiger partial charge in [-0.25, -0.2) is 9.78 Å². The topological polar surface area (TPSA) is 104 Å². The van der Waals surface area contributed by atoms with Gasteiger partial charge in [-0.2, -0.15) is 0 Å². The summed E-state index contributed by atoms with van der Waals surface area (Å²) in [4.78, 5) is 25.6. The van der Waals surface area contributed by atoms with Gasteiger partial charge in [-0.15, -0.1) is 0 Å². The molecule has 1 rings (SSSR count). The number of aliphatic hydroxyl groups excluding tert-OH is 1. The summed E-state index contributed by atoms with van der Waals surface area (Å²) in [6.07, 6.45) is 4.99. The van der Waals surface area contributed by atoms with Crippen LogP contribution in [-0.2, 0) is 16.1 Å². The van der Waals surface area contributed by atoms with E-state index >= 15 is 0 Å². The third-order valence-electron chi connectivity index (χ3n) is 1.97. The number of hydrogen-bond donors (Lipinski definition) is 3. The predicted molar refractivity (Wildman–Crippen MR) is 53.5 cm³/mol. The van der Waals surface area contributed by atoms with Crippen molar-refractivity contribution in [3.05, 3.63) is 18.7 Å². The van der Waals surface area contributed by atoms with Gasteiger partial charge in [0.2, 0.25) is 5.91 Å². The molecule has 0 aliphatic carbocycles. The van der Waals surface area contributed by atoms with Gasteiger partial charge in [0, 0.05) is 25.4 Å². The molecule has 1 atom stereocenters. The fourth-order valence-electron chi connectivity index (χ4n) is 1.10. The second kappa shape index (κ2) is 5.86. The molecule has 7 nitrogen and oxygen atoms in total. The number of nitrogens with one attached hydrogen (secondary N) is 1. The Bertz CT molecular complexity index is 350. The summed E-state index contributed by atoms with van der Waals surface area (Å²) in [6, 6.07) is -1.24. The number of carboxylic acid groups (broad SMARTS) is 1. The summed E-state index contributed by atoms with van der Waals surface area (Å²) in [7, 11) is 0. The molecule has 1 aromatic heterocycles. The highest BCUT2D eigenvalue weighted by Gasteiger charge is 2.18. The minimum Gasteiger partial charge on any atom is -0.480 e. The summed E-state index contributed by atoms with van der Waals surface area (Å²) in [6.45, 7) is -0.199. The molecule has 0 saturated carbocycles. The molecule has 3 N–H and O–H groups in total. The molecule has 1 heterocycles. The number of aliphatic hydroxyl groups is 1. The number of hydrogen-bond acceptors (Lipinski definition) is 4. The second-order valence-electron chi connectivity index (χ2n) is 3.19. The SMILES string of the molecule is O=C(CCn1ccnc1)N[C@H](CO)C(=O)O. The van der Waals surface area contributed by atoms with Crippen LogP contribution < -0.4 is 5.32 Å². The normalized spacial score (nSPS) is 12.1. The second-order valence-corrected chi connectivity index (χ2v) is 3.19. The minimum atomic E-state index is -1.25. The molecule has 1 aromatic rings. The first-order valence-corrected chi connectivity index (χ1v) is 4.72. The van der Waals surface area contributed by atoms with Crippen LogP contribution in [0.15, 0.2) is 18.7 Å². The van der Waals surface area contributed by atoms with Gasteiger partial charge < -0.3 is 20.1 Å². The van der Waals surface area contributed by atoms with Crippen LogP contribution in [0, 0.1) is 0 Å². The van der Waals surface area contributed by atoms with Gasteiger partial charge >= 0.3 is 5.97 Å². The quantitative estimate of drug-likeness (QED) is 0.568. The summed E-state index contributed by atoms with van der Waals surface area (Å²) < 4.78 is 1.70. The Hall–Kier alpha value is -1.89. The number of amides is 1. The van der Waals surface area contributed by atoms with Gasteiger partial charge in [0.1, 0.15) is 6.04 Å². The fourth-order valence-corrected chi connectivity index (χ4v) is 1.10. The van der Waals surface area contributed by atoms with Gasteiger partial charge in [-0.1, -0.05) is 0 Å². The number of carbonyl (C=O) groups is 2. The third kappa shape index (κ3) is 3.70. The Kier molecular flexibility index (Phi) is 4.46. The average Bonchev–Trinajstić information content (AvgIpc) is 2.75. The Morgan fingerprint density at radius 3 is 2.75 bits per heavy atom. The summed E-state index contributed by atoms with van der Waals surface area (Å²) in [5.41, 5.74) is 0. The first kappa shape index (κ1) is 12.2. The number of imidazole rings is 1. The third-order valence-corrected chi connectivity index (χ3v) is 1.97. The Morgan fingerprint density at radius 1 is 1.50 bits per heavy atom. The lowest BCUT2D eigenvalue weighted by Crippen LogP contribution is -2.43. The van der Waals surface area contributed by atoms with Gasteiger partial charge in [0.25, 0.3) is 0 Å². The van der Waals surface area contributed by atoms with E-state index in [4.69, 9.17) is 10.2 Å². The summed E-state index contributed by atoms with van der Waals surface area (Å²) >= 11 is 0. The number of carbonyl (C=O) groups excluding carboxylic acids is 1. The standard InChI is InChI=1S/C9H13N3O4/c13-5-7(9(15)16)11-8(14)1-3-12-4-2-10-6-12/h2,4,6-7,13H,1,3,5H2,(H,11,14)(H,15,16)/t7-/m1/s1.